The number of nitrogens with two attached hydrogens (primary N) is 1. The topological polar surface area (TPSA) is 63.3 Å². The summed E-state index contributed by atoms with van der Waals surface area (Å²) >= 11 is 5.95. The van der Waals surface area contributed by atoms with E-state index in [-0.39, 0.29) is 5.92 Å². The Morgan fingerprint density at radius 1 is 1.42 bits per heavy atom. The Morgan fingerprint density at radius 2 is 2.11 bits per heavy atom. The summed E-state index contributed by atoms with van der Waals surface area (Å²) in [5.74, 6) is -1.38. The maximum Gasteiger partial charge on any atom is 0.311 e. The Kier molecular flexibility index (Phi) is 6.16. The molecule has 0 amide bonds. The Hall–Kier alpha value is -1.22. The number of aliphatic carboxylic acids is 1. The van der Waals surface area contributed by atoms with Gasteiger partial charge in [-0.05, 0) is 36.1 Å². The number of hydrogen-bond donors (Lipinski definition) is 2. The van der Waals surface area contributed by atoms with Gasteiger partial charge in [-0.3, -0.25) is 4.79 Å². The molecule has 1 rings (SSSR count). The van der Waals surface area contributed by atoms with Crippen LogP contribution in [0.4, 0.5) is 5.69 Å². The van der Waals surface area contributed by atoms with Crippen LogP contribution in [0.3, 0.4) is 0 Å². The molecule has 0 bridgehead atoms. The Labute approximate surface area is 119 Å². The summed E-state index contributed by atoms with van der Waals surface area (Å²) in [7, 11) is 0. The standard InChI is InChI=1S/C15H22ClNO2/c1-3-4-5-6-10(2)14(15(18)19)12-9-11(16)7-8-13(12)17/h7-10,14H,3-6,17H2,1-2H3,(H,18,19). The molecule has 2 atom stereocenters. The minimum Gasteiger partial charge on any atom is -0.481 e. The molecule has 0 spiro atoms. The van der Waals surface area contributed by atoms with Crippen molar-refractivity contribution in [2.45, 2.75) is 45.4 Å². The van der Waals surface area contributed by atoms with Crippen molar-refractivity contribution in [3.05, 3.63) is 28.8 Å². The van der Waals surface area contributed by atoms with E-state index in [0.29, 0.717) is 16.3 Å². The van der Waals surface area contributed by atoms with Gasteiger partial charge in [-0.2, -0.15) is 0 Å². The van der Waals surface area contributed by atoms with E-state index in [1.54, 1.807) is 18.2 Å². The molecule has 3 N–H and O–H groups in total. The molecule has 1 aromatic rings. The highest BCUT2D eigenvalue weighted by atomic mass is 35.5. The van der Waals surface area contributed by atoms with Crippen molar-refractivity contribution < 1.29 is 9.90 Å². The fraction of sp³-hybridized carbons (Fsp3) is 0.533. The van der Waals surface area contributed by atoms with Crippen LogP contribution in [0.1, 0.15) is 51.0 Å². The molecule has 0 aliphatic heterocycles. The van der Waals surface area contributed by atoms with Crippen LogP contribution in [0.25, 0.3) is 0 Å². The van der Waals surface area contributed by atoms with Gasteiger partial charge in [0.2, 0.25) is 0 Å². The van der Waals surface area contributed by atoms with Crippen molar-refractivity contribution in [3.63, 3.8) is 0 Å². The lowest BCUT2D eigenvalue weighted by molar-refractivity contribution is -0.140. The highest BCUT2D eigenvalue weighted by Gasteiger charge is 2.28. The maximum absolute atomic E-state index is 11.5. The number of carbonyl (C=O) groups is 1. The second kappa shape index (κ2) is 7.39. The minimum atomic E-state index is -0.835. The van der Waals surface area contributed by atoms with Gasteiger partial charge in [0, 0.05) is 10.7 Å². The number of carboxylic acids is 1. The number of unbranched alkanes of at least 4 members (excludes halogenated alkanes) is 2. The van der Waals surface area contributed by atoms with Gasteiger partial charge in [0.15, 0.2) is 0 Å². The van der Waals surface area contributed by atoms with Crippen LogP contribution in [0, 0.1) is 5.92 Å². The zero-order chi connectivity index (χ0) is 14.4. The van der Waals surface area contributed by atoms with Crippen molar-refractivity contribution in [1.29, 1.82) is 0 Å². The van der Waals surface area contributed by atoms with Crippen molar-refractivity contribution in [2.75, 3.05) is 5.73 Å². The van der Waals surface area contributed by atoms with Crippen molar-refractivity contribution in [3.8, 4) is 0 Å². The molecule has 0 fully saturated rings. The fourth-order valence-electron chi connectivity index (χ4n) is 2.38. The Balaban J connectivity index is 2.93. The zero-order valence-electron chi connectivity index (χ0n) is 11.5. The first-order chi connectivity index (χ1) is 8.97. The van der Waals surface area contributed by atoms with Gasteiger partial charge in [0.1, 0.15) is 0 Å². The van der Waals surface area contributed by atoms with E-state index in [0.717, 1.165) is 25.7 Å². The summed E-state index contributed by atoms with van der Waals surface area (Å²) < 4.78 is 0. The molecule has 1 aromatic carbocycles. The number of halogens is 1. The third-order valence-corrected chi connectivity index (χ3v) is 3.72. The van der Waals surface area contributed by atoms with Crippen LogP contribution in [0.15, 0.2) is 18.2 Å². The van der Waals surface area contributed by atoms with Crippen molar-refractivity contribution in [1.82, 2.24) is 0 Å². The van der Waals surface area contributed by atoms with Crippen LogP contribution in [0.2, 0.25) is 5.02 Å². The first-order valence-electron chi connectivity index (χ1n) is 6.75. The van der Waals surface area contributed by atoms with Gasteiger partial charge in [-0.25, -0.2) is 0 Å². The molecule has 4 heteroatoms. The number of benzene rings is 1. The lowest BCUT2D eigenvalue weighted by atomic mass is 9.83. The lowest BCUT2D eigenvalue weighted by Gasteiger charge is -2.22. The Bertz CT molecular complexity index is 434. The molecule has 3 nitrogen and oxygen atoms in total. The summed E-state index contributed by atoms with van der Waals surface area (Å²) in [6.07, 6.45) is 4.18. The van der Waals surface area contributed by atoms with Crippen LogP contribution < -0.4 is 5.73 Å². The molecule has 0 aromatic heterocycles. The van der Waals surface area contributed by atoms with Gasteiger partial charge < -0.3 is 10.8 Å². The van der Waals surface area contributed by atoms with Gasteiger partial charge in [-0.15, -0.1) is 0 Å². The number of carboxylic acid groups (broad SMARTS) is 1. The second-order valence-corrected chi connectivity index (χ2v) is 5.50. The predicted octanol–water partition coefficient (Wildman–Crippen LogP) is 4.31. The molecule has 0 radical (unpaired) electrons. The van der Waals surface area contributed by atoms with E-state index in [4.69, 9.17) is 17.3 Å². The smallest absolute Gasteiger partial charge is 0.311 e. The quantitative estimate of drug-likeness (QED) is 0.579. The van der Waals surface area contributed by atoms with Gasteiger partial charge in [0.05, 0.1) is 5.92 Å². The molecule has 0 saturated heterocycles. The molecule has 0 aliphatic carbocycles. The van der Waals surface area contributed by atoms with Gasteiger partial charge in [0.25, 0.3) is 0 Å². The molecular weight excluding hydrogens is 262 g/mol. The zero-order valence-corrected chi connectivity index (χ0v) is 12.3. The molecule has 0 heterocycles. The monoisotopic (exact) mass is 283 g/mol. The van der Waals surface area contributed by atoms with Crippen molar-refractivity contribution in [2.24, 2.45) is 5.92 Å². The lowest BCUT2D eigenvalue weighted by Crippen LogP contribution is -2.21. The molecule has 0 saturated carbocycles. The van der Waals surface area contributed by atoms with Crippen LogP contribution >= 0.6 is 11.6 Å². The summed E-state index contributed by atoms with van der Waals surface area (Å²) in [5.41, 5.74) is 7.03. The summed E-state index contributed by atoms with van der Waals surface area (Å²) in [4.78, 5) is 11.5. The average Bonchev–Trinajstić information content (AvgIpc) is 2.34. The fourth-order valence-corrected chi connectivity index (χ4v) is 2.56. The number of hydrogen-bond acceptors (Lipinski definition) is 2. The van der Waals surface area contributed by atoms with Crippen LogP contribution in [-0.4, -0.2) is 11.1 Å². The number of rotatable bonds is 7. The van der Waals surface area contributed by atoms with E-state index in [2.05, 4.69) is 6.92 Å². The first kappa shape index (κ1) is 15.8. The summed E-state index contributed by atoms with van der Waals surface area (Å²) in [6.45, 7) is 4.10. The number of nitrogen functional groups attached to an aromatic ring is 1. The third kappa shape index (κ3) is 4.43. The predicted molar refractivity (Wildman–Crippen MR) is 79.5 cm³/mol. The normalized spacial score (nSPS) is 14.1. The van der Waals surface area contributed by atoms with E-state index in [9.17, 15) is 9.90 Å². The SMILES string of the molecule is CCCCCC(C)C(C(=O)O)c1cc(Cl)ccc1N. The Morgan fingerprint density at radius 3 is 2.68 bits per heavy atom. The highest BCUT2D eigenvalue weighted by Crippen LogP contribution is 2.34. The largest absolute Gasteiger partial charge is 0.481 e. The maximum atomic E-state index is 11.5. The van der Waals surface area contributed by atoms with E-state index >= 15 is 0 Å². The summed E-state index contributed by atoms with van der Waals surface area (Å²) in [6, 6.07) is 5.03. The number of anilines is 1. The average molecular weight is 284 g/mol. The van der Waals surface area contributed by atoms with Gasteiger partial charge >= 0.3 is 5.97 Å². The van der Waals surface area contributed by atoms with Crippen LogP contribution in [-0.2, 0) is 4.79 Å². The van der Waals surface area contributed by atoms with E-state index < -0.39 is 11.9 Å². The molecule has 106 valence electrons. The van der Waals surface area contributed by atoms with Gasteiger partial charge in [-0.1, -0.05) is 44.7 Å². The third-order valence-electron chi connectivity index (χ3n) is 3.48. The van der Waals surface area contributed by atoms with Crippen LogP contribution in [0.5, 0.6) is 0 Å². The van der Waals surface area contributed by atoms with E-state index in [1.807, 2.05) is 6.92 Å². The molecule has 2 unspecified atom stereocenters. The second-order valence-electron chi connectivity index (χ2n) is 5.06. The minimum absolute atomic E-state index is 0.0461. The molecule has 0 aliphatic rings. The summed E-state index contributed by atoms with van der Waals surface area (Å²) in [5, 5.41) is 9.99. The molecular formula is C15H22ClNO2. The van der Waals surface area contributed by atoms with Crippen molar-refractivity contribution >= 4 is 23.3 Å². The van der Waals surface area contributed by atoms with E-state index in [1.165, 1.54) is 0 Å². The first-order valence-corrected chi connectivity index (χ1v) is 7.12. The molecule has 19 heavy (non-hydrogen) atoms. The highest BCUT2D eigenvalue weighted by molar-refractivity contribution is 6.30.